The van der Waals surface area contributed by atoms with Crippen LogP contribution in [0.1, 0.15) is 28.6 Å². The van der Waals surface area contributed by atoms with Crippen LogP contribution in [0, 0.1) is 0 Å². The average molecular weight is 242 g/mol. The maximum atomic E-state index is 10.7. The van der Waals surface area contributed by atoms with E-state index in [1.54, 1.807) is 6.20 Å². The van der Waals surface area contributed by atoms with Gasteiger partial charge in [0.15, 0.2) is 0 Å². The van der Waals surface area contributed by atoms with Crippen LogP contribution in [0.4, 0.5) is 4.79 Å². The highest BCUT2D eigenvalue weighted by atomic mass is 32.1. The second kappa shape index (κ2) is 4.80. The molecule has 1 amide bonds. The number of nitrogens with zero attached hydrogens (tertiary/aromatic N) is 2. The lowest BCUT2D eigenvalue weighted by molar-refractivity contribution is 0.132. The van der Waals surface area contributed by atoms with Gasteiger partial charge in [0.25, 0.3) is 0 Å². The summed E-state index contributed by atoms with van der Waals surface area (Å²) in [5, 5.41) is 18.8. The van der Waals surface area contributed by atoms with Crippen molar-refractivity contribution >= 4 is 17.4 Å². The third-order valence-corrected chi connectivity index (χ3v) is 3.99. The van der Waals surface area contributed by atoms with Crippen LogP contribution in [0.3, 0.4) is 0 Å². The molecule has 6 heteroatoms. The molecule has 0 radical (unpaired) electrons. The molecule has 0 aromatic carbocycles. The molecule has 0 saturated carbocycles. The number of amides is 1. The van der Waals surface area contributed by atoms with Gasteiger partial charge in [-0.1, -0.05) is 0 Å². The van der Waals surface area contributed by atoms with Crippen LogP contribution < -0.4 is 0 Å². The molecule has 0 spiro atoms. The lowest BCUT2D eigenvalue weighted by Gasteiger charge is -2.28. The van der Waals surface area contributed by atoms with E-state index < -0.39 is 6.09 Å². The van der Waals surface area contributed by atoms with Gasteiger partial charge in [0.05, 0.1) is 16.5 Å². The molecule has 0 bridgehead atoms. The Hall–Kier alpha value is -1.14. The molecule has 88 valence electrons. The van der Waals surface area contributed by atoms with Crippen molar-refractivity contribution in [2.75, 3.05) is 13.1 Å². The molecule has 1 aromatic heterocycles. The minimum atomic E-state index is -0.839. The highest BCUT2D eigenvalue weighted by Gasteiger charge is 2.25. The van der Waals surface area contributed by atoms with E-state index in [-0.39, 0.29) is 6.61 Å². The first-order valence-electron chi connectivity index (χ1n) is 5.24. The molecule has 5 nitrogen and oxygen atoms in total. The fraction of sp³-hybridized carbons (Fsp3) is 0.600. The van der Waals surface area contributed by atoms with Gasteiger partial charge < -0.3 is 15.1 Å². The molecule has 0 unspecified atom stereocenters. The quantitative estimate of drug-likeness (QED) is 0.824. The smallest absolute Gasteiger partial charge is 0.407 e. The molecule has 1 aliphatic heterocycles. The zero-order chi connectivity index (χ0) is 11.5. The van der Waals surface area contributed by atoms with Crippen LogP contribution >= 0.6 is 11.3 Å². The van der Waals surface area contributed by atoms with E-state index in [1.807, 2.05) is 0 Å². The summed E-state index contributed by atoms with van der Waals surface area (Å²) < 4.78 is 0. The molecule has 0 aliphatic carbocycles. The van der Waals surface area contributed by atoms with Gasteiger partial charge in [0.1, 0.15) is 0 Å². The van der Waals surface area contributed by atoms with Gasteiger partial charge in [-0.15, -0.1) is 11.3 Å². The Morgan fingerprint density at radius 1 is 1.56 bits per heavy atom. The van der Waals surface area contributed by atoms with Gasteiger partial charge in [-0.3, -0.25) is 0 Å². The van der Waals surface area contributed by atoms with Gasteiger partial charge in [0.2, 0.25) is 0 Å². The van der Waals surface area contributed by atoms with E-state index in [0.29, 0.717) is 19.0 Å². The maximum absolute atomic E-state index is 10.7. The van der Waals surface area contributed by atoms with Crippen LogP contribution in [-0.4, -0.2) is 39.3 Å². The van der Waals surface area contributed by atoms with Crippen molar-refractivity contribution in [3.8, 4) is 0 Å². The van der Waals surface area contributed by atoms with E-state index in [9.17, 15) is 4.79 Å². The molecule has 0 atom stereocenters. The highest BCUT2D eigenvalue weighted by Crippen LogP contribution is 2.30. The van der Waals surface area contributed by atoms with E-state index in [1.165, 1.54) is 16.2 Å². The minimum Gasteiger partial charge on any atom is -0.465 e. The van der Waals surface area contributed by atoms with Gasteiger partial charge in [-0.05, 0) is 12.8 Å². The number of likely N-dealkylation sites (tertiary alicyclic amines) is 1. The van der Waals surface area contributed by atoms with Crippen LogP contribution in [0.25, 0.3) is 0 Å². The van der Waals surface area contributed by atoms with Gasteiger partial charge in [-0.2, -0.15) is 0 Å². The summed E-state index contributed by atoms with van der Waals surface area (Å²) in [7, 11) is 0. The summed E-state index contributed by atoms with van der Waals surface area (Å²) >= 11 is 1.52. The Morgan fingerprint density at radius 2 is 2.25 bits per heavy atom. The van der Waals surface area contributed by atoms with Gasteiger partial charge >= 0.3 is 6.09 Å². The minimum absolute atomic E-state index is 0.0334. The second-order valence-corrected chi connectivity index (χ2v) is 5.01. The lowest BCUT2D eigenvalue weighted by atomic mass is 9.98. The molecular formula is C10H14N2O3S. The van der Waals surface area contributed by atoms with Crippen molar-refractivity contribution < 1.29 is 15.0 Å². The van der Waals surface area contributed by atoms with Crippen LogP contribution in [0.2, 0.25) is 0 Å². The zero-order valence-corrected chi connectivity index (χ0v) is 9.61. The molecule has 2 rings (SSSR count). The number of rotatable bonds is 2. The summed E-state index contributed by atoms with van der Waals surface area (Å²) in [5.41, 5.74) is 0. The predicted molar refractivity (Wildman–Crippen MR) is 59.6 cm³/mol. The average Bonchev–Trinajstić information content (AvgIpc) is 2.77. The Bertz CT molecular complexity index is 372. The van der Waals surface area contributed by atoms with E-state index >= 15 is 0 Å². The van der Waals surface area contributed by atoms with Crippen LogP contribution in [-0.2, 0) is 6.61 Å². The van der Waals surface area contributed by atoms with Crippen LogP contribution in [0.15, 0.2) is 6.20 Å². The number of carbonyl (C=O) groups is 1. The van der Waals surface area contributed by atoms with Crippen molar-refractivity contribution in [1.82, 2.24) is 9.88 Å². The number of carboxylic acid groups (broad SMARTS) is 1. The summed E-state index contributed by atoms with van der Waals surface area (Å²) in [5.74, 6) is 0.348. The third-order valence-electron chi connectivity index (χ3n) is 2.84. The Morgan fingerprint density at radius 3 is 2.75 bits per heavy atom. The molecule has 2 heterocycles. The summed E-state index contributed by atoms with van der Waals surface area (Å²) in [4.78, 5) is 17.3. The molecule has 1 aromatic rings. The summed E-state index contributed by atoms with van der Waals surface area (Å²) in [6, 6.07) is 0. The van der Waals surface area contributed by atoms with E-state index in [0.717, 1.165) is 22.7 Å². The number of aliphatic hydroxyl groups excluding tert-OH is 1. The van der Waals surface area contributed by atoms with Gasteiger partial charge in [-0.25, -0.2) is 9.78 Å². The first-order chi connectivity index (χ1) is 7.70. The van der Waals surface area contributed by atoms with Crippen molar-refractivity contribution in [2.45, 2.75) is 25.4 Å². The number of aromatic nitrogens is 1. The molecular weight excluding hydrogens is 228 g/mol. The second-order valence-electron chi connectivity index (χ2n) is 3.87. The number of aliphatic hydroxyl groups is 1. The first kappa shape index (κ1) is 11.3. The third kappa shape index (κ3) is 2.33. The maximum Gasteiger partial charge on any atom is 0.407 e. The Balaban J connectivity index is 1.96. The summed E-state index contributed by atoms with van der Waals surface area (Å²) in [6.45, 7) is 1.19. The lowest BCUT2D eigenvalue weighted by Crippen LogP contribution is -2.36. The molecule has 1 saturated heterocycles. The largest absolute Gasteiger partial charge is 0.465 e. The Kier molecular flexibility index (Phi) is 3.40. The molecule has 2 N–H and O–H groups in total. The zero-order valence-electron chi connectivity index (χ0n) is 8.80. The topological polar surface area (TPSA) is 73.7 Å². The monoisotopic (exact) mass is 242 g/mol. The number of thiazole rings is 1. The number of piperidine rings is 1. The molecule has 1 aliphatic rings. The normalized spacial score (nSPS) is 17.7. The first-order valence-corrected chi connectivity index (χ1v) is 6.05. The Labute approximate surface area is 97.4 Å². The van der Waals surface area contributed by atoms with Crippen molar-refractivity contribution in [1.29, 1.82) is 0 Å². The fourth-order valence-electron chi connectivity index (χ4n) is 1.90. The van der Waals surface area contributed by atoms with Gasteiger partial charge in [0, 0.05) is 25.2 Å². The van der Waals surface area contributed by atoms with Crippen molar-refractivity contribution in [2.24, 2.45) is 0 Å². The summed E-state index contributed by atoms with van der Waals surface area (Å²) in [6.07, 6.45) is 2.51. The molecule has 1 fully saturated rings. The fourth-order valence-corrected chi connectivity index (χ4v) is 2.85. The van der Waals surface area contributed by atoms with Crippen molar-refractivity contribution in [3.05, 3.63) is 16.1 Å². The number of hydrogen-bond donors (Lipinski definition) is 2. The van der Waals surface area contributed by atoms with E-state index in [4.69, 9.17) is 10.2 Å². The van der Waals surface area contributed by atoms with Crippen LogP contribution in [0.5, 0.6) is 0 Å². The van der Waals surface area contributed by atoms with E-state index in [2.05, 4.69) is 4.98 Å². The predicted octanol–water partition coefficient (Wildman–Crippen LogP) is 1.49. The number of hydrogen-bond acceptors (Lipinski definition) is 4. The SMILES string of the molecule is O=C(O)N1CCC(c2ncc(CO)s2)CC1. The van der Waals surface area contributed by atoms with Crippen molar-refractivity contribution in [3.63, 3.8) is 0 Å². The highest BCUT2D eigenvalue weighted by molar-refractivity contribution is 7.11. The standard InChI is InChI=1S/C10H14N2O3S/c13-6-8-5-11-9(16-8)7-1-3-12(4-2-7)10(14)15/h5,7,13H,1-4,6H2,(H,14,15). The molecule has 16 heavy (non-hydrogen) atoms.